The molecule has 1 aromatic rings. The van der Waals surface area contributed by atoms with Crippen LogP contribution in [0.2, 0.25) is 0 Å². The van der Waals surface area contributed by atoms with Gasteiger partial charge in [-0.3, -0.25) is 0 Å². The maximum absolute atomic E-state index is 10.5. The Balaban J connectivity index is 2.53. The monoisotopic (exact) mass is 277 g/mol. The zero-order valence-corrected chi connectivity index (χ0v) is 9.16. The van der Waals surface area contributed by atoms with Crippen molar-refractivity contribution in [3.8, 4) is 0 Å². The van der Waals surface area contributed by atoms with Crippen LogP contribution in [-0.2, 0) is 7.86 Å². The van der Waals surface area contributed by atoms with E-state index in [1.165, 1.54) is 12.5 Å². The molecule has 0 saturated heterocycles. The Morgan fingerprint density at radius 2 is 1.92 bits per heavy atom. The fourth-order valence-electron chi connectivity index (χ4n) is 0.684. The second-order valence-corrected chi connectivity index (χ2v) is 4.57. The zero-order chi connectivity index (χ0) is 8.97. The molecule has 0 aliphatic carbocycles. The van der Waals surface area contributed by atoms with Crippen molar-refractivity contribution in [1.82, 2.24) is 0 Å². The third kappa shape index (κ3) is 3.21. The SMILES string of the molecule is CC(=O)O[I-]c1ccc(C)cc1. The van der Waals surface area contributed by atoms with Gasteiger partial charge >= 0.3 is 82.7 Å². The summed E-state index contributed by atoms with van der Waals surface area (Å²) >= 11 is -0.576. The summed E-state index contributed by atoms with van der Waals surface area (Å²) in [5.41, 5.74) is 1.23. The van der Waals surface area contributed by atoms with Crippen LogP contribution >= 0.6 is 0 Å². The Morgan fingerprint density at radius 1 is 1.33 bits per heavy atom. The molecule has 0 atom stereocenters. The first-order valence-corrected chi connectivity index (χ1v) is 5.53. The second kappa shape index (κ2) is 4.45. The van der Waals surface area contributed by atoms with Crippen molar-refractivity contribution in [3.63, 3.8) is 0 Å². The van der Waals surface area contributed by atoms with E-state index in [9.17, 15) is 4.79 Å². The third-order valence-electron chi connectivity index (χ3n) is 1.25. The van der Waals surface area contributed by atoms with E-state index < -0.39 is 21.6 Å². The van der Waals surface area contributed by atoms with Crippen molar-refractivity contribution in [1.29, 1.82) is 0 Å². The Labute approximate surface area is 82.7 Å². The first kappa shape index (κ1) is 9.51. The van der Waals surface area contributed by atoms with Crippen LogP contribution in [-0.4, -0.2) is 5.97 Å². The topological polar surface area (TPSA) is 26.3 Å². The second-order valence-electron chi connectivity index (χ2n) is 2.44. The summed E-state index contributed by atoms with van der Waals surface area (Å²) in [6.07, 6.45) is 0. The average Bonchev–Trinajstić information content (AvgIpc) is 2.03. The molecule has 0 heterocycles. The number of carbonyl (C=O) groups excluding carboxylic acids is 1. The van der Waals surface area contributed by atoms with Crippen LogP contribution in [0.25, 0.3) is 0 Å². The molecule has 0 bridgehead atoms. The molecule has 0 radical (unpaired) electrons. The predicted octanol–water partition coefficient (Wildman–Crippen LogP) is -1.27. The maximum atomic E-state index is 10.5. The number of halogens is 1. The quantitative estimate of drug-likeness (QED) is 0.630. The van der Waals surface area contributed by atoms with Crippen LogP contribution in [0.3, 0.4) is 0 Å². The summed E-state index contributed by atoms with van der Waals surface area (Å²) in [5, 5.41) is 0. The number of hydrogen-bond acceptors (Lipinski definition) is 2. The standard InChI is InChI=1S/C9H10IO2/c1-7-3-5-9(6-4-7)10-12-8(2)11/h3-6H,1-2H3/q-1. The van der Waals surface area contributed by atoms with E-state index in [0.717, 1.165) is 3.57 Å². The van der Waals surface area contributed by atoms with Gasteiger partial charge < -0.3 is 0 Å². The minimum atomic E-state index is -0.576. The van der Waals surface area contributed by atoms with Crippen molar-refractivity contribution in [3.05, 3.63) is 33.4 Å². The van der Waals surface area contributed by atoms with Crippen molar-refractivity contribution < 1.29 is 29.5 Å². The van der Waals surface area contributed by atoms with Crippen molar-refractivity contribution in [2.24, 2.45) is 0 Å². The number of rotatable bonds is 2. The number of benzene rings is 1. The molecule has 0 aromatic heterocycles. The predicted molar refractivity (Wildman–Crippen MR) is 41.6 cm³/mol. The first-order valence-electron chi connectivity index (χ1n) is 3.57. The van der Waals surface area contributed by atoms with Crippen LogP contribution in [0.15, 0.2) is 24.3 Å². The van der Waals surface area contributed by atoms with Gasteiger partial charge in [-0.05, 0) is 0 Å². The van der Waals surface area contributed by atoms with Gasteiger partial charge in [0.2, 0.25) is 0 Å². The molecular weight excluding hydrogens is 267 g/mol. The summed E-state index contributed by atoms with van der Waals surface area (Å²) in [6, 6.07) is 8.06. The molecule has 0 aliphatic heterocycles. The van der Waals surface area contributed by atoms with Crippen molar-refractivity contribution in [2.45, 2.75) is 13.8 Å². The summed E-state index contributed by atoms with van der Waals surface area (Å²) in [5.74, 6) is -0.191. The van der Waals surface area contributed by atoms with Gasteiger partial charge in [-0.2, -0.15) is 0 Å². The van der Waals surface area contributed by atoms with Gasteiger partial charge in [0, 0.05) is 0 Å². The zero-order valence-electron chi connectivity index (χ0n) is 7.00. The molecule has 1 rings (SSSR count). The Morgan fingerprint density at radius 3 is 2.42 bits per heavy atom. The average molecular weight is 277 g/mol. The van der Waals surface area contributed by atoms with E-state index in [4.69, 9.17) is 3.07 Å². The van der Waals surface area contributed by atoms with Gasteiger partial charge in [0.25, 0.3) is 0 Å². The summed E-state index contributed by atoms with van der Waals surface area (Å²) < 4.78 is 6.07. The first-order chi connectivity index (χ1) is 5.68. The van der Waals surface area contributed by atoms with Crippen molar-refractivity contribution in [2.75, 3.05) is 0 Å². The van der Waals surface area contributed by atoms with Crippen LogP contribution in [0.1, 0.15) is 12.5 Å². The van der Waals surface area contributed by atoms with E-state index in [-0.39, 0.29) is 5.97 Å². The Bertz CT molecular complexity index is 266. The molecule has 12 heavy (non-hydrogen) atoms. The molecule has 3 heteroatoms. The summed E-state index contributed by atoms with van der Waals surface area (Å²) in [6.45, 7) is 3.47. The molecule has 0 spiro atoms. The third-order valence-corrected chi connectivity index (χ3v) is 3.32. The van der Waals surface area contributed by atoms with E-state index in [1.807, 2.05) is 31.2 Å². The van der Waals surface area contributed by atoms with Gasteiger partial charge in [-0.15, -0.1) is 0 Å². The molecule has 0 saturated carbocycles. The van der Waals surface area contributed by atoms with Gasteiger partial charge in [-0.1, -0.05) is 0 Å². The van der Waals surface area contributed by atoms with Crippen LogP contribution in [0.4, 0.5) is 0 Å². The molecule has 0 fully saturated rings. The Kier molecular flexibility index (Phi) is 3.52. The van der Waals surface area contributed by atoms with E-state index in [2.05, 4.69) is 0 Å². The summed E-state index contributed by atoms with van der Waals surface area (Å²) in [4.78, 5) is 10.5. The number of carbonyl (C=O) groups is 1. The van der Waals surface area contributed by atoms with E-state index in [1.54, 1.807) is 0 Å². The minimum absolute atomic E-state index is 0.191. The molecule has 0 N–H and O–H groups in total. The summed E-state index contributed by atoms with van der Waals surface area (Å²) in [7, 11) is 0. The fourth-order valence-corrected chi connectivity index (χ4v) is 1.90. The fraction of sp³-hybridized carbons (Fsp3) is 0.222. The molecule has 0 amide bonds. The molecule has 2 nitrogen and oxygen atoms in total. The van der Waals surface area contributed by atoms with Crippen molar-refractivity contribution >= 4 is 5.97 Å². The van der Waals surface area contributed by atoms with Gasteiger partial charge in [0.1, 0.15) is 0 Å². The molecule has 1 aromatic carbocycles. The van der Waals surface area contributed by atoms with E-state index in [0.29, 0.717) is 0 Å². The number of hydrogen-bond donors (Lipinski definition) is 0. The normalized spacial score (nSPS) is 9.83. The molecular formula is C9H10IO2-. The van der Waals surface area contributed by atoms with E-state index >= 15 is 0 Å². The van der Waals surface area contributed by atoms with Crippen LogP contribution < -0.4 is 21.6 Å². The van der Waals surface area contributed by atoms with Gasteiger partial charge in [0.15, 0.2) is 0 Å². The molecule has 0 aliphatic rings. The Hall–Kier alpha value is -0.580. The molecule has 66 valence electrons. The van der Waals surface area contributed by atoms with Gasteiger partial charge in [-0.25, -0.2) is 0 Å². The molecule has 0 unspecified atom stereocenters. The van der Waals surface area contributed by atoms with Crippen LogP contribution in [0.5, 0.6) is 0 Å². The van der Waals surface area contributed by atoms with Crippen LogP contribution in [0, 0.1) is 10.5 Å². The van der Waals surface area contributed by atoms with Gasteiger partial charge in [0.05, 0.1) is 0 Å². The number of aryl methyl sites for hydroxylation is 1.